The maximum absolute atomic E-state index is 12.8. The quantitative estimate of drug-likeness (QED) is 0.712. The normalized spacial score (nSPS) is 15.9. The fourth-order valence-corrected chi connectivity index (χ4v) is 4.60. The SMILES string of the molecule is CCN1CCN(S(=O)(=O)c2ccc(NC(=O)COCc3ccccc3)cc2)CC1. The predicted molar refractivity (Wildman–Crippen MR) is 112 cm³/mol. The van der Waals surface area contributed by atoms with Gasteiger partial charge in [-0.2, -0.15) is 4.31 Å². The van der Waals surface area contributed by atoms with Crippen molar-refractivity contribution in [3.05, 3.63) is 60.2 Å². The summed E-state index contributed by atoms with van der Waals surface area (Å²) < 4.78 is 32.5. The second kappa shape index (κ2) is 9.98. The summed E-state index contributed by atoms with van der Waals surface area (Å²) in [6.07, 6.45) is 0. The van der Waals surface area contributed by atoms with Crippen LogP contribution in [0, 0.1) is 0 Å². The summed E-state index contributed by atoms with van der Waals surface area (Å²) in [6.45, 7) is 5.76. The molecule has 2 aromatic rings. The van der Waals surface area contributed by atoms with E-state index in [4.69, 9.17) is 4.74 Å². The number of carbonyl (C=O) groups excluding carboxylic acids is 1. The van der Waals surface area contributed by atoms with Crippen LogP contribution in [0.4, 0.5) is 5.69 Å². The second-order valence-electron chi connectivity index (χ2n) is 6.89. The van der Waals surface area contributed by atoms with Gasteiger partial charge in [-0.1, -0.05) is 37.3 Å². The van der Waals surface area contributed by atoms with E-state index in [0.717, 1.165) is 25.2 Å². The number of rotatable bonds is 8. The lowest BCUT2D eigenvalue weighted by atomic mass is 10.2. The number of amides is 1. The number of sulfonamides is 1. The molecular weight excluding hydrogens is 390 g/mol. The fraction of sp³-hybridized carbons (Fsp3) is 0.381. The summed E-state index contributed by atoms with van der Waals surface area (Å²) in [4.78, 5) is 14.5. The lowest BCUT2D eigenvalue weighted by Crippen LogP contribution is -2.48. The van der Waals surface area contributed by atoms with Gasteiger partial charge in [0.05, 0.1) is 11.5 Å². The predicted octanol–water partition coefficient (Wildman–Crippen LogP) is 2.17. The maximum Gasteiger partial charge on any atom is 0.250 e. The van der Waals surface area contributed by atoms with Crippen molar-refractivity contribution in [1.29, 1.82) is 0 Å². The van der Waals surface area contributed by atoms with Gasteiger partial charge in [0.2, 0.25) is 15.9 Å². The molecule has 0 spiro atoms. The summed E-state index contributed by atoms with van der Waals surface area (Å²) in [7, 11) is -3.51. The minimum atomic E-state index is -3.51. The molecule has 1 fully saturated rings. The second-order valence-corrected chi connectivity index (χ2v) is 8.83. The van der Waals surface area contributed by atoms with E-state index >= 15 is 0 Å². The third-order valence-electron chi connectivity index (χ3n) is 4.90. The van der Waals surface area contributed by atoms with Crippen LogP contribution in [0.15, 0.2) is 59.5 Å². The molecule has 1 aliphatic heterocycles. The van der Waals surface area contributed by atoms with E-state index in [2.05, 4.69) is 17.1 Å². The standard InChI is InChI=1S/C21H27N3O4S/c1-2-23-12-14-24(15-13-23)29(26,27)20-10-8-19(9-11-20)22-21(25)17-28-16-18-6-4-3-5-7-18/h3-11H,2,12-17H2,1H3,(H,22,25). The molecule has 2 aromatic carbocycles. The maximum atomic E-state index is 12.8. The molecule has 0 atom stereocenters. The minimum absolute atomic E-state index is 0.0728. The van der Waals surface area contributed by atoms with Gasteiger partial charge in [-0.05, 0) is 36.4 Å². The van der Waals surface area contributed by atoms with E-state index in [0.29, 0.717) is 25.4 Å². The smallest absolute Gasteiger partial charge is 0.250 e. The molecule has 7 nitrogen and oxygen atoms in total. The molecule has 0 radical (unpaired) electrons. The largest absolute Gasteiger partial charge is 0.367 e. The third-order valence-corrected chi connectivity index (χ3v) is 6.81. The molecule has 1 heterocycles. The van der Waals surface area contributed by atoms with Crippen LogP contribution in [0.1, 0.15) is 12.5 Å². The van der Waals surface area contributed by atoms with Crippen molar-refractivity contribution in [2.45, 2.75) is 18.4 Å². The molecule has 0 aliphatic carbocycles. The van der Waals surface area contributed by atoms with Crippen LogP contribution in [-0.4, -0.2) is 62.9 Å². The number of piperazine rings is 1. The molecule has 0 unspecified atom stereocenters. The number of benzene rings is 2. The zero-order valence-corrected chi connectivity index (χ0v) is 17.4. The average Bonchev–Trinajstić information content (AvgIpc) is 2.75. The minimum Gasteiger partial charge on any atom is -0.367 e. The number of anilines is 1. The highest BCUT2D eigenvalue weighted by Crippen LogP contribution is 2.20. The first-order chi connectivity index (χ1) is 14.0. The molecule has 1 aliphatic rings. The fourth-order valence-electron chi connectivity index (χ4n) is 3.18. The highest BCUT2D eigenvalue weighted by atomic mass is 32.2. The lowest BCUT2D eigenvalue weighted by Gasteiger charge is -2.33. The van der Waals surface area contributed by atoms with Crippen molar-refractivity contribution >= 4 is 21.6 Å². The zero-order valence-electron chi connectivity index (χ0n) is 16.6. The Bertz CT molecular complexity index is 893. The highest BCUT2D eigenvalue weighted by molar-refractivity contribution is 7.89. The molecule has 1 N–H and O–H groups in total. The van der Waals surface area contributed by atoms with Crippen LogP contribution in [0.5, 0.6) is 0 Å². The van der Waals surface area contributed by atoms with Crippen molar-refractivity contribution in [3.8, 4) is 0 Å². The van der Waals surface area contributed by atoms with Gasteiger partial charge >= 0.3 is 0 Å². The first kappa shape index (κ1) is 21.4. The molecule has 29 heavy (non-hydrogen) atoms. The summed E-state index contributed by atoms with van der Waals surface area (Å²) in [6, 6.07) is 15.9. The van der Waals surface area contributed by atoms with Gasteiger partial charge in [-0.3, -0.25) is 4.79 Å². The van der Waals surface area contributed by atoms with Gasteiger partial charge in [0.1, 0.15) is 6.61 Å². The van der Waals surface area contributed by atoms with Gasteiger partial charge in [-0.15, -0.1) is 0 Å². The Morgan fingerprint density at radius 2 is 1.66 bits per heavy atom. The highest BCUT2D eigenvalue weighted by Gasteiger charge is 2.27. The lowest BCUT2D eigenvalue weighted by molar-refractivity contribution is -0.121. The van der Waals surface area contributed by atoms with Crippen molar-refractivity contribution in [2.24, 2.45) is 0 Å². The Morgan fingerprint density at radius 3 is 2.28 bits per heavy atom. The van der Waals surface area contributed by atoms with Crippen LogP contribution < -0.4 is 5.32 Å². The van der Waals surface area contributed by atoms with E-state index in [-0.39, 0.29) is 17.4 Å². The monoisotopic (exact) mass is 417 g/mol. The molecule has 1 amide bonds. The summed E-state index contributed by atoms with van der Waals surface area (Å²) in [5, 5.41) is 2.72. The Balaban J connectivity index is 1.51. The van der Waals surface area contributed by atoms with Crippen molar-refractivity contribution < 1.29 is 17.9 Å². The van der Waals surface area contributed by atoms with Crippen molar-refractivity contribution in [2.75, 3.05) is 44.6 Å². The Kier molecular flexibility index (Phi) is 7.38. The van der Waals surface area contributed by atoms with E-state index in [1.165, 1.54) is 16.4 Å². The van der Waals surface area contributed by atoms with Crippen LogP contribution in [0.2, 0.25) is 0 Å². The topological polar surface area (TPSA) is 79.0 Å². The molecule has 0 bridgehead atoms. The first-order valence-electron chi connectivity index (χ1n) is 9.73. The molecular formula is C21H27N3O4S. The van der Waals surface area contributed by atoms with E-state index in [1.54, 1.807) is 12.1 Å². The average molecular weight is 418 g/mol. The van der Waals surface area contributed by atoms with Crippen LogP contribution in [-0.2, 0) is 26.2 Å². The first-order valence-corrected chi connectivity index (χ1v) is 11.2. The number of likely N-dealkylation sites (N-methyl/N-ethyl adjacent to an activating group) is 1. The molecule has 0 saturated carbocycles. The zero-order chi connectivity index (χ0) is 20.7. The number of nitrogens with zero attached hydrogens (tertiary/aromatic N) is 2. The summed E-state index contributed by atoms with van der Waals surface area (Å²) >= 11 is 0. The third kappa shape index (κ3) is 5.86. The van der Waals surface area contributed by atoms with Crippen LogP contribution >= 0.6 is 0 Å². The number of hydrogen-bond acceptors (Lipinski definition) is 5. The Hall–Kier alpha value is -2.26. The Morgan fingerprint density at radius 1 is 1.00 bits per heavy atom. The Labute approximate surface area is 172 Å². The van der Waals surface area contributed by atoms with Crippen LogP contribution in [0.3, 0.4) is 0 Å². The summed E-state index contributed by atoms with van der Waals surface area (Å²) in [5.74, 6) is -0.285. The van der Waals surface area contributed by atoms with Gasteiger partial charge in [0.25, 0.3) is 0 Å². The number of nitrogens with one attached hydrogen (secondary N) is 1. The van der Waals surface area contributed by atoms with Crippen molar-refractivity contribution in [3.63, 3.8) is 0 Å². The van der Waals surface area contributed by atoms with E-state index in [9.17, 15) is 13.2 Å². The van der Waals surface area contributed by atoms with Gasteiger partial charge in [-0.25, -0.2) is 8.42 Å². The van der Waals surface area contributed by atoms with Gasteiger partial charge in [0, 0.05) is 31.9 Å². The van der Waals surface area contributed by atoms with Gasteiger partial charge < -0.3 is 15.0 Å². The van der Waals surface area contributed by atoms with Crippen LogP contribution in [0.25, 0.3) is 0 Å². The molecule has 0 aromatic heterocycles. The molecule has 156 valence electrons. The number of carbonyl (C=O) groups is 1. The molecule has 1 saturated heterocycles. The molecule has 8 heteroatoms. The summed E-state index contributed by atoms with van der Waals surface area (Å²) in [5.41, 5.74) is 1.53. The van der Waals surface area contributed by atoms with E-state index < -0.39 is 10.0 Å². The number of hydrogen-bond donors (Lipinski definition) is 1. The van der Waals surface area contributed by atoms with Crippen molar-refractivity contribution in [1.82, 2.24) is 9.21 Å². The molecule has 3 rings (SSSR count). The van der Waals surface area contributed by atoms with E-state index in [1.807, 2.05) is 30.3 Å². The van der Waals surface area contributed by atoms with Gasteiger partial charge in [0.15, 0.2) is 0 Å². The number of ether oxygens (including phenoxy) is 1.